The quantitative estimate of drug-likeness (QED) is 0.152. The zero-order valence-corrected chi connectivity index (χ0v) is 22.3. The van der Waals surface area contributed by atoms with Crippen molar-refractivity contribution in [2.24, 2.45) is 10.2 Å². The molecular formula is C27H22N8O7. The average molecular weight is 571 g/mol. The first kappa shape index (κ1) is 29.0. The van der Waals surface area contributed by atoms with Gasteiger partial charge < -0.3 is 10.2 Å². The van der Waals surface area contributed by atoms with E-state index < -0.39 is 38.4 Å². The van der Waals surface area contributed by atoms with Crippen molar-refractivity contribution in [2.75, 3.05) is 29.9 Å². The second-order valence-electron chi connectivity index (χ2n) is 8.96. The lowest BCUT2D eigenvalue weighted by Gasteiger charge is -2.26. The summed E-state index contributed by atoms with van der Waals surface area (Å²) in [4.78, 5) is 61.4. The number of azo groups is 1. The van der Waals surface area contributed by atoms with E-state index in [0.29, 0.717) is 29.4 Å². The molecule has 0 bridgehead atoms. The molecule has 4 rings (SSSR count). The van der Waals surface area contributed by atoms with Crippen LogP contribution >= 0.6 is 0 Å². The van der Waals surface area contributed by atoms with Crippen molar-refractivity contribution in [1.82, 2.24) is 4.90 Å². The standard InChI is InChI=1S/C27H22N8O7/c1-3-32(10-11-33-26(37)20-6-4-5-7-21(20)27(33)38)18-8-9-22(23(13-18)29-16(2)36)30-31-25-17(15-28)12-19(34(39)40)14-24(25)35(41)42/h4-9,12-14H,3,10-11H2,1-2H3,(H,29,36)/b31-30+. The number of amides is 3. The molecule has 0 fully saturated rings. The van der Waals surface area contributed by atoms with E-state index in [1.165, 1.54) is 17.9 Å². The molecule has 0 aromatic heterocycles. The molecule has 1 aliphatic heterocycles. The summed E-state index contributed by atoms with van der Waals surface area (Å²) in [5, 5.41) is 42.6. The predicted octanol–water partition coefficient (Wildman–Crippen LogP) is 4.87. The molecule has 1 aliphatic rings. The van der Waals surface area contributed by atoms with Gasteiger partial charge in [0.1, 0.15) is 11.8 Å². The lowest BCUT2D eigenvalue weighted by atomic mass is 10.1. The lowest BCUT2D eigenvalue weighted by molar-refractivity contribution is -0.393. The number of nitro groups is 2. The average Bonchev–Trinajstić information content (AvgIpc) is 3.21. The van der Waals surface area contributed by atoms with Gasteiger partial charge in [0.25, 0.3) is 17.5 Å². The minimum absolute atomic E-state index is 0.0851. The number of anilines is 2. The molecule has 1 heterocycles. The Balaban J connectivity index is 1.63. The van der Waals surface area contributed by atoms with E-state index in [2.05, 4.69) is 15.5 Å². The van der Waals surface area contributed by atoms with Gasteiger partial charge in [0.2, 0.25) is 5.91 Å². The first-order valence-corrected chi connectivity index (χ1v) is 12.5. The molecule has 212 valence electrons. The Bertz CT molecular complexity index is 1680. The topological polar surface area (TPSA) is 205 Å². The molecule has 15 nitrogen and oxygen atoms in total. The van der Waals surface area contributed by atoms with Crippen molar-refractivity contribution < 1.29 is 24.2 Å². The molecule has 0 unspecified atom stereocenters. The molecule has 3 aromatic carbocycles. The molecule has 0 spiro atoms. The fourth-order valence-electron chi connectivity index (χ4n) is 4.37. The van der Waals surface area contributed by atoms with E-state index in [9.17, 15) is 39.9 Å². The third kappa shape index (κ3) is 5.77. The summed E-state index contributed by atoms with van der Waals surface area (Å²) >= 11 is 0. The smallest absolute Gasteiger partial charge is 0.304 e. The van der Waals surface area contributed by atoms with E-state index in [1.54, 1.807) is 42.5 Å². The summed E-state index contributed by atoms with van der Waals surface area (Å²) in [5.41, 5.74) is -0.774. The summed E-state index contributed by atoms with van der Waals surface area (Å²) in [7, 11) is 0. The number of carbonyl (C=O) groups is 3. The van der Waals surface area contributed by atoms with Crippen LogP contribution in [-0.4, -0.2) is 52.1 Å². The summed E-state index contributed by atoms with van der Waals surface area (Å²) < 4.78 is 0. The predicted molar refractivity (Wildman–Crippen MR) is 149 cm³/mol. The summed E-state index contributed by atoms with van der Waals surface area (Å²) in [5.74, 6) is -1.20. The molecule has 0 atom stereocenters. The Morgan fingerprint density at radius 3 is 2.24 bits per heavy atom. The van der Waals surface area contributed by atoms with Crippen LogP contribution in [0.2, 0.25) is 0 Å². The van der Waals surface area contributed by atoms with Crippen LogP contribution in [0.3, 0.4) is 0 Å². The summed E-state index contributed by atoms with van der Waals surface area (Å²) in [6, 6.07) is 14.5. The van der Waals surface area contributed by atoms with E-state index >= 15 is 0 Å². The SMILES string of the molecule is CCN(CCN1C(=O)c2ccccc2C1=O)c1ccc(/N=N/c2c(C#N)cc([N+](=O)[O-])cc2[N+](=O)[O-])c(NC(C)=O)c1. The molecule has 0 aliphatic carbocycles. The maximum absolute atomic E-state index is 12.7. The summed E-state index contributed by atoms with van der Waals surface area (Å²) in [6.07, 6.45) is 0. The molecule has 0 radical (unpaired) electrons. The van der Waals surface area contributed by atoms with Gasteiger partial charge in [-0.2, -0.15) is 5.26 Å². The largest absolute Gasteiger partial charge is 0.370 e. The molecule has 0 saturated carbocycles. The van der Waals surface area contributed by atoms with Gasteiger partial charge in [-0.1, -0.05) is 12.1 Å². The first-order chi connectivity index (χ1) is 20.0. The Hall–Kier alpha value is -6.04. The Morgan fingerprint density at radius 1 is 1.02 bits per heavy atom. The minimum atomic E-state index is -0.909. The van der Waals surface area contributed by atoms with Gasteiger partial charge in [-0.05, 0) is 37.3 Å². The Labute approximate surface area is 238 Å². The van der Waals surface area contributed by atoms with Gasteiger partial charge in [0.15, 0.2) is 5.69 Å². The van der Waals surface area contributed by atoms with Gasteiger partial charge in [0.05, 0.1) is 38.3 Å². The zero-order valence-electron chi connectivity index (χ0n) is 22.3. The van der Waals surface area contributed by atoms with E-state index in [1.807, 2.05) is 11.8 Å². The number of carbonyl (C=O) groups excluding carboxylic acids is 3. The highest BCUT2D eigenvalue weighted by Gasteiger charge is 2.35. The number of non-ortho nitro benzene ring substituents is 1. The van der Waals surface area contributed by atoms with Gasteiger partial charge in [-0.15, -0.1) is 10.2 Å². The minimum Gasteiger partial charge on any atom is -0.370 e. The number of nitro benzene ring substituents is 2. The second kappa shape index (κ2) is 12.0. The van der Waals surface area contributed by atoms with Crippen LogP contribution in [0, 0.1) is 31.6 Å². The highest BCUT2D eigenvalue weighted by molar-refractivity contribution is 6.21. The fraction of sp³-hybridized carbons (Fsp3) is 0.185. The second-order valence-corrected chi connectivity index (χ2v) is 8.96. The number of imide groups is 1. The van der Waals surface area contributed by atoms with Gasteiger partial charge in [-0.3, -0.25) is 39.5 Å². The van der Waals surface area contributed by atoms with Crippen LogP contribution in [0.15, 0.2) is 64.8 Å². The van der Waals surface area contributed by atoms with Gasteiger partial charge in [0, 0.05) is 38.3 Å². The third-order valence-corrected chi connectivity index (χ3v) is 6.37. The molecule has 3 aromatic rings. The number of nitrogens with one attached hydrogen (secondary N) is 1. The maximum Gasteiger partial charge on any atom is 0.304 e. The van der Waals surface area contributed by atoms with Crippen LogP contribution in [0.25, 0.3) is 0 Å². The fourth-order valence-corrected chi connectivity index (χ4v) is 4.37. The Morgan fingerprint density at radius 2 is 1.69 bits per heavy atom. The molecular weight excluding hydrogens is 548 g/mol. The van der Waals surface area contributed by atoms with Crippen LogP contribution in [0.4, 0.5) is 34.1 Å². The highest BCUT2D eigenvalue weighted by Crippen LogP contribution is 2.38. The zero-order chi connectivity index (χ0) is 30.6. The van der Waals surface area contributed by atoms with Crippen LogP contribution in [0.1, 0.15) is 40.1 Å². The summed E-state index contributed by atoms with van der Waals surface area (Å²) in [6.45, 7) is 4.00. The third-order valence-electron chi connectivity index (χ3n) is 6.37. The number of hydrogen-bond acceptors (Lipinski definition) is 11. The number of hydrogen-bond donors (Lipinski definition) is 1. The number of nitrogens with zero attached hydrogens (tertiary/aromatic N) is 7. The van der Waals surface area contributed by atoms with Crippen LogP contribution in [0.5, 0.6) is 0 Å². The molecule has 1 N–H and O–H groups in total. The highest BCUT2D eigenvalue weighted by atomic mass is 16.6. The van der Waals surface area contributed by atoms with E-state index in [4.69, 9.17) is 0 Å². The van der Waals surface area contributed by atoms with Crippen molar-refractivity contribution >= 4 is 51.8 Å². The lowest BCUT2D eigenvalue weighted by Crippen LogP contribution is -2.38. The van der Waals surface area contributed by atoms with E-state index in [0.717, 1.165) is 6.07 Å². The van der Waals surface area contributed by atoms with Crippen molar-refractivity contribution in [3.05, 3.63) is 91.5 Å². The normalized spacial score (nSPS) is 12.3. The number of benzene rings is 3. The molecule has 15 heteroatoms. The van der Waals surface area contributed by atoms with Crippen molar-refractivity contribution in [3.63, 3.8) is 0 Å². The number of likely N-dealkylation sites (N-methyl/N-ethyl adjacent to an activating group) is 1. The van der Waals surface area contributed by atoms with Crippen molar-refractivity contribution in [3.8, 4) is 6.07 Å². The van der Waals surface area contributed by atoms with Crippen molar-refractivity contribution in [2.45, 2.75) is 13.8 Å². The molecule has 42 heavy (non-hydrogen) atoms. The molecule has 3 amide bonds. The maximum atomic E-state index is 12.7. The van der Waals surface area contributed by atoms with E-state index in [-0.39, 0.29) is 36.3 Å². The molecule has 0 saturated heterocycles. The van der Waals surface area contributed by atoms with Gasteiger partial charge >= 0.3 is 5.69 Å². The number of fused-ring (bicyclic) bond motifs is 1. The number of rotatable bonds is 10. The first-order valence-electron chi connectivity index (χ1n) is 12.5. The monoisotopic (exact) mass is 570 g/mol. The van der Waals surface area contributed by atoms with Gasteiger partial charge in [-0.25, -0.2) is 0 Å². The number of nitriles is 1. The van der Waals surface area contributed by atoms with Crippen molar-refractivity contribution in [1.29, 1.82) is 5.26 Å². The van der Waals surface area contributed by atoms with Crippen LogP contribution in [-0.2, 0) is 4.79 Å². The van der Waals surface area contributed by atoms with Crippen LogP contribution < -0.4 is 10.2 Å². The Kier molecular flexibility index (Phi) is 8.27.